The van der Waals surface area contributed by atoms with Gasteiger partial charge in [-0.2, -0.15) is 13.2 Å². The number of hydrogen-bond donors (Lipinski definition) is 2. The molecular formula is C28H28ClF3N4O5S. The third-order valence-electron chi connectivity index (χ3n) is 6.48. The van der Waals surface area contributed by atoms with E-state index in [2.05, 4.69) is 10.0 Å². The van der Waals surface area contributed by atoms with Crippen LogP contribution in [-0.4, -0.2) is 63.0 Å². The Morgan fingerprint density at radius 1 is 0.952 bits per heavy atom. The molecule has 1 aliphatic heterocycles. The Morgan fingerprint density at radius 2 is 1.64 bits per heavy atom. The molecule has 3 aromatic carbocycles. The van der Waals surface area contributed by atoms with Gasteiger partial charge in [-0.15, -0.1) is 0 Å². The van der Waals surface area contributed by atoms with Gasteiger partial charge in [0.2, 0.25) is 0 Å². The van der Waals surface area contributed by atoms with Crippen LogP contribution in [0.4, 0.5) is 29.3 Å². The first kappa shape index (κ1) is 31.0. The van der Waals surface area contributed by atoms with Crippen molar-refractivity contribution >= 4 is 45.0 Å². The number of ether oxygens (including phenoxy) is 1. The van der Waals surface area contributed by atoms with Crippen LogP contribution in [0.2, 0.25) is 5.02 Å². The molecule has 3 aromatic rings. The molecule has 14 heteroatoms. The second-order valence-electron chi connectivity index (χ2n) is 9.32. The molecule has 0 aliphatic carbocycles. The maximum Gasteiger partial charge on any atom is 0.416 e. The number of carbonyl (C=O) groups excluding carboxylic acids is 2. The van der Waals surface area contributed by atoms with Crippen molar-refractivity contribution in [3.8, 4) is 0 Å². The number of piperazine rings is 1. The summed E-state index contributed by atoms with van der Waals surface area (Å²) >= 11 is 6.23. The molecule has 0 aromatic heterocycles. The fraction of sp³-hybridized carbons (Fsp3) is 0.286. The SMILES string of the molecule is CCOC(=O)N1CCN(C(=O)c2ccc(NCc3ccccc3Cl)c(S(=O)(=O)Nc3cccc(C(F)(F)F)c3)c2)CC1. The Kier molecular flexibility index (Phi) is 9.52. The molecule has 0 radical (unpaired) electrons. The van der Waals surface area contributed by atoms with Gasteiger partial charge in [0.25, 0.3) is 15.9 Å². The zero-order valence-corrected chi connectivity index (χ0v) is 24.0. The molecule has 1 heterocycles. The van der Waals surface area contributed by atoms with Gasteiger partial charge in [0, 0.05) is 49.0 Å². The molecule has 1 aliphatic rings. The van der Waals surface area contributed by atoms with E-state index in [0.717, 1.165) is 12.1 Å². The van der Waals surface area contributed by atoms with Crippen molar-refractivity contribution in [2.24, 2.45) is 0 Å². The minimum atomic E-state index is -4.67. The minimum absolute atomic E-state index is 0.0484. The smallest absolute Gasteiger partial charge is 0.416 e. The van der Waals surface area contributed by atoms with Crippen LogP contribution in [0.25, 0.3) is 0 Å². The molecule has 4 rings (SSSR count). The van der Waals surface area contributed by atoms with Crippen molar-refractivity contribution < 1.29 is 35.9 Å². The Bertz CT molecular complexity index is 1560. The van der Waals surface area contributed by atoms with Gasteiger partial charge in [-0.1, -0.05) is 35.9 Å². The minimum Gasteiger partial charge on any atom is -0.450 e. The number of hydrogen-bond acceptors (Lipinski definition) is 6. The second-order valence-corrected chi connectivity index (χ2v) is 11.4. The lowest BCUT2D eigenvalue weighted by molar-refractivity contribution is -0.137. The molecule has 0 atom stereocenters. The molecule has 0 unspecified atom stereocenters. The van der Waals surface area contributed by atoms with Gasteiger partial charge in [-0.3, -0.25) is 9.52 Å². The molecule has 2 N–H and O–H groups in total. The van der Waals surface area contributed by atoms with E-state index in [9.17, 15) is 31.2 Å². The maximum atomic E-state index is 13.6. The standard InChI is InChI=1S/C28H28ClF3N4O5S/c1-2-41-27(38)36-14-12-35(13-15-36)26(37)19-10-11-24(33-18-20-6-3-4-9-23(20)29)25(16-19)42(39,40)34-22-8-5-7-21(17-22)28(30,31)32/h3-11,16-17,33-34H,2,12-15,18H2,1H3. The zero-order valence-electron chi connectivity index (χ0n) is 22.4. The van der Waals surface area contributed by atoms with Gasteiger partial charge < -0.3 is 19.9 Å². The van der Waals surface area contributed by atoms with E-state index in [-0.39, 0.29) is 61.2 Å². The molecule has 1 fully saturated rings. The number of halogens is 4. The maximum absolute atomic E-state index is 13.6. The molecule has 42 heavy (non-hydrogen) atoms. The first-order valence-corrected chi connectivity index (χ1v) is 14.8. The van der Waals surface area contributed by atoms with E-state index < -0.39 is 33.8 Å². The van der Waals surface area contributed by atoms with Crippen molar-refractivity contribution in [1.82, 2.24) is 9.80 Å². The highest BCUT2D eigenvalue weighted by Gasteiger charge is 2.31. The lowest BCUT2D eigenvalue weighted by Crippen LogP contribution is -2.50. The summed E-state index contributed by atoms with van der Waals surface area (Å²) in [5, 5.41) is 3.46. The van der Waals surface area contributed by atoms with Crippen molar-refractivity contribution in [1.29, 1.82) is 0 Å². The van der Waals surface area contributed by atoms with E-state index in [1.807, 2.05) is 0 Å². The fourth-order valence-corrected chi connectivity index (χ4v) is 5.78. The largest absolute Gasteiger partial charge is 0.450 e. The fourth-order valence-electron chi connectivity index (χ4n) is 4.31. The van der Waals surface area contributed by atoms with Crippen LogP contribution >= 0.6 is 11.6 Å². The van der Waals surface area contributed by atoms with Gasteiger partial charge in [-0.05, 0) is 55.0 Å². The van der Waals surface area contributed by atoms with Crippen LogP contribution in [0.3, 0.4) is 0 Å². The molecule has 9 nitrogen and oxygen atoms in total. The number of nitrogens with one attached hydrogen (secondary N) is 2. The van der Waals surface area contributed by atoms with Gasteiger partial charge in [0.05, 0.1) is 17.9 Å². The lowest BCUT2D eigenvalue weighted by Gasteiger charge is -2.34. The van der Waals surface area contributed by atoms with E-state index in [0.29, 0.717) is 16.7 Å². The van der Waals surface area contributed by atoms with Crippen LogP contribution in [0.1, 0.15) is 28.4 Å². The van der Waals surface area contributed by atoms with E-state index in [4.69, 9.17) is 16.3 Å². The summed E-state index contributed by atoms with van der Waals surface area (Å²) in [4.78, 5) is 28.0. The molecule has 1 saturated heterocycles. The third kappa shape index (κ3) is 7.45. The zero-order chi connectivity index (χ0) is 30.5. The van der Waals surface area contributed by atoms with Crippen molar-refractivity contribution in [2.45, 2.75) is 24.5 Å². The quantitative estimate of drug-likeness (QED) is 0.334. The van der Waals surface area contributed by atoms with Crippen molar-refractivity contribution in [2.75, 3.05) is 42.8 Å². The second kappa shape index (κ2) is 12.9. The number of alkyl halides is 3. The summed E-state index contributed by atoms with van der Waals surface area (Å²) in [6, 6.07) is 14.8. The summed E-state index contributed by atoms with van der Waals surface area (Å²) in [5.41, 5.74) is -0.488. The van der Waals surface area contributed by atoms with Gasteiger partial charge in [0.15, 0.2) is 0 Å². The summed E-state index contributed by atoms with van der Waals surface area (Å²) < 4.78 is 74.0. The normalized spacial score (nSPS) is 13.9. The molecule has 2 amide bonds. The molecule has 0 saturated carbocycles. The van der Waals surface area contributed by atoms with Crippen LogP contribution < -0.4 is 10.0 Å². The highest BCUT2D eigenvalue weighted by molar-refractivity contribution is 7.92. The van der Waals surface area contributed by atoms with E-state index >= 15 is 0 Å². The molecular weight excluding hydrogens is 597 g/mol. The van der Waals surface area contributed by atoms with E-state index in [1.165, 1.54) is 34.1 Å². The Hall–Kier alpha value is -3.97. The Morgan fingerprint density at radius 3 is 2.31 bits per heavy atom. The highest BCUT2D eigenvalue weighted by Crippen LogP contribution is 2.32. The summed E-state index contributed by atoms with van der Waals surface area (Å²) in [6.07, 6.45) is -5.15. The monoisotopic (exact) mass is 624 g/mol. The lowest BCUT2D eigenvalue weighted by atomic mass is 10.1. The number of sulfonamides is 1. The Balaban J connectivity index is 1.63. The average molecular weight is 625 g/mol. The van der Waals surface area contributed by atoms with Crippen LogP contribution in [0.5, 0.6) is 0 Å². The Labute approximate surface area is 246 Å². The van der Waals surface area contributed by atoms with Crippen molar-refractivity contribution in [3.63, 3.8) is 0 Å². The predicted molar refractivity (Wildman–Crippen MR) is 152 cm³/mol. The van der Waals surface area contributed by atoms with Crippen LogP contribution in [-0.2, 0) is 27.5 Å². The summed E-state index contributed by atoms with van der Waals surface area (Å²) in [5.74, 6) is -0.466. The number of benzene rings is 3. The number of anilines is 2. The van der Waals surface area contributed by atoms with Crippen molar-refractivity contribution in [3.05, 3.63) is 88.4 Å². The third-order valence-corrected chi connectivity index (χ3v) is 8.27. The predicted octanol–water partition coefficient (Wildman–Crippen LogP) is 5.69. The number of amides is 2. The average Bonchev–Trinajstić information content (AvgIpc) is 2.96. The van der Waals surface area contributed by atoms with Crippen LogP contribution in [0, 0.1) is 0 Å². The van der Waals surface area contributed by atoms with Gasteiger partial charge in [-0.25, -0.2) is 13.2 Å². The topological polar surface area (TPSA) is 108 Å². The van der Waals surface area contributed by atoms with E-state index in [1.54, 1.807) is 31.2 Å². The number of rotatable bonds is 8. The highest BCUT2D eigenvalue weighted by atomic mass is 35.5. The van der Waals surface area contributed by atoms with Gasteiger partial charge >= 0.3 is 12.3 Å². The number of carbonyl (C=O) groups is 2. The van der Waals surface area contributed by atoms with Crippen LogP contribution in [0.15, 0.2) is 71.6 Å². The summed E-state index contributed by atoms with van der Waals surface area (Å²) in [6.45, 7) is 2.94. The first-order valence-electron chi connectivity index (χ1n) is 12.9. The number of nitrogens with zero attached hydrogens (tertiary/aromatic N) is 2. The molecule has 0 bridgehead atoms. The molecule has 224 valence electrons. The first-order chi connectivity index (χ1) is 19.9. The molecule has 0 spiro atoms. The summed E-state index contributed by atoms with van der Waals surface area (Å²) in [7, 11) is -4.49. The van der Waals surface area contributed by atoms with Gasteiger partial charge in [0.1, 0.15) is 4.90 Å².